The molecule has 2 rings (SSSR count). The Morgan fingerprint density at radius 3 is 2.42 bits per heavy atom. The zero-order chi connectivity index (χ0) is 19.1. The van der Waals surface area contributed by atoms with Gasteiger partial charge in [-0.2, -0.15) is 0 Å². The molecule has 0 bridgehead atoms. The van der Waals surface area contributed by atoms with E-state index < -0.39 is 24.4 Å². The van der Waals surface area contributed by atoms with Gasteiger partial charge in [-0.05, 0) is 29.8 Å². The second kappa shape index (κ2) is 8.70. The lowest BCUT2D eigenvalue weighted by molar-refractivity contribution is -0.147. The van der Waals surface area contributed by atoms with Crippen molar-refractivity contribution >= 4 is 17.8 Å². The number of esters is 1. The Kier molecular flexibility index (Phi) is 6.37. The molecule has 8 heteroatoms. The number of rotatable bonds is 7. The average molecular weight is 360 g/mol. The number of aryl methyl sites for hydroxylation is 1. The van der Waals surface area contributed by atoms with Gasteiger partial charge in [-0.25, -0.2) is 0 Å². The van der Waals surface area contributed by atoms with E-state index in [1.165, 1.54) is 14.2 Å². The first-order chi connectivity index (χ1) is 12.4. The summed E-state index contributed by atoms with van der Waals surface area (Å²) in [7, 11) is 4.69. The van der Waals surface area contributed by atoms with Crippen LogP contribution in [0.1, 0.15) is 16.1 Å². The van der Waals surface area contributed by atoms with Crippen LogP contribution in [0, 0.1) is 0 Å². The lowest BCUT2D eigenvalue weighted by Gasteiger charge is -2.10. The summed E-state index contributed by atoms with van der Waals surface area (Å²) in [6.45, 7) is -0.539. The molecule has 1 N–H and O–H groups in total. The second-order valence-corrected chi connectivity index (χ2v) is 5.41. The highest BCUT2D eigenvalue weighted by atomic mass is 16.5. The highest BCUT2D eigenvalue weighted by Gasteiger charge is 2.15. The lowest BCUT2D eigenvalue weighted by Crippen LogP contribution is -2.35. The van der Waals surface area contributed by atoms with Crippen molar-refractivity contribution in [3.8, 4) is 11.5 Å². The first-order valence-corrected chi connectivity index (χ1v) is 7.76. The monoisotopic (exact) mass is 360 g/mol. The number of carbonyl (C=O) groups excluding carboxylic acids is 3. The molecule has 0 aliphatic rings. The van der Waals surface area contributed by atoms with Crippen LogP contribution in [0.4, 0.5) is 0 Å². The van der Waals surface area contributed by atoms with Crippen LogP contribution in [0.5, 0.6) is 11.5 Å². The smallest absolute Gasteiger partial charge is 0.310 e. The third-order valence-electron chi connectivity index (χ3n) is 3.59. The molecule has 1 aromatic carbocycles. The van der Waals surface area contributed by atoms with Crippen LogP contribution in [-0.4, -0.2) is 43.2 Å². The van der Waals surface area contributed by atoms with Gasteiger partial charge in [0, 0.05) is 13.2 Å². The van der Waals surface area contributed by atoms with Crippen molar-refractivity contribution in [2.24, 2.45) is 7.05 Å². The number of amides is 2. The van der Waals surface area contributed by atoms with Crippen LogP contribution in [0.3, 0.4) is 0 Å². The molecule has 0 atom stereocenters. The fourth-order valence-corrected chi connectivity index (χ4v) is 2.28. The highest BCUT2D eigenvalue weighted by Crippen LogP contribution is 2.27. The summed E-state index contributed by atoms with van der Waals surface area (Å²) in [5, 5.41) is 2.16. The minimum absolute atomic E-state index is 0.0423. The minimum atomic E-state index is -0.697. The number of aromatic nitrogens is 1. The summed E-state index contributed by atoms with van der Waals surface area (Å²) in [5.74, 6) is -0.819. The number of benzene rings is 1. The van der Waals surface area contributed by atoms with E-state index in [1.54, 1.807) is 48.1 Å². The molecule has 0 saturated heterocycles. The van der Waals surface area contributed by atoms with Crippen LogP contribution in [0.25, 0.3) is 0 Å². The number of hydrogen-bond donors (Lipinski definition) is 1. The molecule has 8 nitrogen and oxygen atoms in total. The molecule has 0 saturated carbocycles. The van der Waals surface area contributed by atoms with E-state index in [0.29, 0.717) is 22.8 Å². The molecule has 0 fully saturated rings. The molecule has 0 aliphatic heterocycles. The van der Waals surface area contributed by atoms with Crippen molar-refractivity contribution in [2.75, 3.05) is 20.8 Å². The fourth-order valence-electron chi connectivity index (χ4n) is 2.28. The van der Waals surface area contributed by atoms with E-state index in [1.807, 2.05) is 0 Å². The van der Waals surface area contributed by atoms with Crippen LogP contribution in [-0.2, 0) is 27.8 Å². The number of methoxy groups -OCH3 is 2. The first-order valence-electron chi connectivity index (χ1n) is 7.76. The predicted octanol–water partition coefficient (Wildman–Crippen LogP) is 1.08. The maximum Gasteiger partial charge on any atom is 0.310 e. The van der Waals surface area contributed by atoms with E-state index in [2.05, 4.69) is 5.32 Å². The number of imide groups is 1. The molecule has 0 unspecified atom stereocenters. The molecule has 1 heterocycles. The maximum absolute atomic E-state index is 11.9. The maximum atomic E-state index is 11.9. The van der Waals surface area contributed by atoms with Crippen LogP contribution >= 0.6 is 0 Å². The Morgan fingerprint density at radius 2 is 1.81 bits per heavy atom. The third-order valence-corrected chi connectivity index (χ3v) is 3.59. The summed E-state index contributed by atoms with van der Waals surface area (Å²) >= 11 is 0. The minimum Gasteiger partial charge on any atom is -0.493 e. The Morgan fingerprint density at radius 1 is 1.08 bits per heavy atom. The summed E-state index contributed by atoms with van der Waals surface area (Å²) in [4.78, 5) is 35.5. The van der Waals surface area contributed by atoms with Gasteiger partial charge in [0.2, 0.25) is 0 Å². The normalized spacial score (nSPS) is 10.1. The quantitative estimate of drug-likeness (QED) is 0.743. The molecule has 0 radical (unpaired) electrons. The summed E-state index contributed by atoms with van der Waals surface area (Å²) in [6.07, 6.45) is 1.64. The van der Waals surface area contributed by atoms with E-state index in [0.717, 1.165) is 0 Å². The van der Waals surface area contributed by atoms with Crippen molar-refractivity contribution in [1.82, 2.24) is 9.88 Å². The molecule has 0 aliphatic carbocycles. The van der Waals surface area contributed by atoms with Crippen molar-refractivity contribution in [3.05, 3.63) is 47.8 Å². The van der Waals surface area contributed by atoms with Gasteiger partial charge >= 0.3 is 5.97 Å². The Bertz CT molecular complexity index is 812. The fraction of sp³-hybridized carbons (Fsp3) is 0.278. The molecule has 138 valence electrons. The molecular formula is C18H20N2O6. The number of hydrogen-bond acceptors (Lipinski definition) is 6. The van der Waals surface area contributed by atoms with Crippen LogP contribution < -0.4 is 14.8 Å². The lowest BCUT2D eigenvalue weighted by atomic mass is 10.1. The molecular weight excluding hydrogens is 340 g/mol. The van der Waals surface area contributed by atoms with Gasteiger partial charge in [0.25, 0.3) is 11.8 Å². The summed E-state index contributed by atoms with van der Waals surface area (Å²) in [5.41, 5.74) is 0.975. The summed E-state index contributed by atoms with van der Waals surface area (Å²) in [6, 6.07) is 8.28. The van der Waals surface area contributed by atoms with Gasteiger partial charge in [-0.1, -0.05) is 6.07 Å². The largest absolute Gasteiger partial charge is 0.493 e. The number of carbonyl (C=O) groups is 3. The van der Waals surface area contributed by atoms with Crippen molar-refractivity contribution in [3.63, 3.8) is 0 Å². The van der Waals surface area contributed by atoms with E-state index in [4.69, 9.17) is 14.2 Å². The molecule has 0 spiro atoms. The first kappa shape index (κ1) is 19.0. The van der Waals surface area contributed by atoms with Gasteiger partial charge < -0.3 is 18.8 Å². The Balaban J connectivity index is 1.84. The number of ether oxygens (including phenoxy) is 3. The average Bonchev–Trinajstić information content (AvgIpc) is 3.06. The SMILES string of the molecule is COc1ccc(CC(=O)OCC(=O)NC(=O)c2cccn2C)cc1OC. The number of nitrogens with zero attached hydrogens (tertiary/aromatic N) is 1. The molecule has 26 heavy (non-hydrogen) atoms. The van der Waals surface area contributed by atoms with Crippen LogP contribution in [0.2, 0.25) is 0 Å². The zero-order valence-electron chi connectivity index (χ0n) is 14.8. The predicted molar refractivity (Wildman–Crippen MR) is 92.1 cm³/mol. The second-order valence-electron chi connectivity index (χ2n) is 5.41. The van der Waals surface area contributed by atoms with Gasteiger partial charge in [0.15, 0.2) is 18.1 Å². The van der Waals surface area contributed by atoms with Crippen molar-refractivity contribution in [1.29, 1.82) is 0 Å². The Hall–Kier alpha value is -3.29. The molecule has 2 aromatic rings. The zero-order valence-corrected chi connectivity index (χ0v) is 14.8. The topological polar surface area (TPSA) is 95.9 Å². The van der Waals surface area contributed by atoms with Crippen molar-refractivity contribution in [2.45, 2.75) is 6.42 Å². The van der Waals surface area contributed by atoms with Gasteiger partial charge in [-0.15, -0.1) is 0 Å². The van der Waals surface area contributed by atoms with Gasteiger partial charge in [0.1, 0.15) is 5.69 Å². The van der Waals surface area contributed by atoms with Crippen LogP contribution in [0.15, 0.2) is 36.5 Å². The van der Waals surface area contributed by atoms with E-state index in [-0.39, 0.29) is 6.42 Å². The van der Waals surface area contributed by atoms with E-state index in [9.17, 15) is 14.4 Å². The van der Waals surface area contributed by atoms with Gasteiger partial charge in [-0.3, -0.25) is 19.7 Å². The van der Waals surface area contributed by atoms with Crippen molar-refractivity contribution < 1.29 is 28.6 Å². The molecule has 2 amide bonds. The third kappa shape index (κ3) is 4.85. The highest BCUT2D eigenvalue weighted by molar-refractivity contribution is 6.04. The van der Waals surface area contributed by atoms with Gasteiger partial charge in [0.05, 0.1) is 20.6 Å². The standard InChI is InChI=1S/C18H20N2O6/c1-20-8-4-5-13(20)18(23)19-16(21)11-26-17(22)10-12-6-7-14(24-2)15(9-12)25-3/h4-9H,10-11H2,1-3H3,(H,19,21,23). The molecule has 1 aromatic heterocycles. The Labute approximate surface area is 150 Å². The summed E-state index contributed by atoms with van der Waals surface area (Å²) < 4.78 is 16.8. The van der Waals surface area contributed by atoms with E-state index >= 15 is 0 Å². The number of nitrogens with one attached hydrogen (secondary N) is 1.